The van der Waals surface area contributed by atoms with Crippen molar-refractivity contribution in [2.24, 2.45) is 0 Å². The summed E-state index contributed by atoms with van der Waals surface area (Å²) in [5.41, 5.74) is 1.11. The van der Waals surface area contributed by atoms with Gasteiger partial charge in [0.25, 0.3) is 0 Å². The molecule has 0 fully saturated rings. The fourth-order valence-corrected chi connectivity index (χ4v) is 2.43. The fraction of sp³-hybridized carbons (Fsp3) is 0.417. The highest BCUT2D eigenvalue weighted by Gasteiger charge is 2.11. The molecule has 1 aromatic rings. The van der Waals surface area contributed by atoms with Crippen LogP contribution in [-0.2, 0) is 4.79 Å². The Labute approximate surface area is 109 Å². The molecule has 1 atom stereocenters. The Balaban J connectivity index is 2.55. The van der Waals surface area contributed by atoms with E-state index in [1.165, 1.54) is 0 Å². The van der Waals surface area contributed by atoms with Gasteiger partial charge in [-0.05, 0) is 24.8 Å². The summed E-state index contributed by atoms with van der Waals surface area (Å²) in [6.07, 6.45) is 2.58. The van der Waals surface area contributed by atoms with Crippen LogP contribution >= 0.6 is 27.7 Å². The highest BCUT2D eigenvalue weighted by Crippen LogP contribution is 2.22. The van der Waals surface area contributed by atoms with E-state index in [1.807, 2.05) is 37.4 Å². The maximum atomic E-state index is 11.6. The molecule has 1 N–H and O–H groups in total. The predicted molar refractivity (Wildman–Crippen MR) is 73.7 cm³/mol. The Bertz CT molecular complexity index is 357. The average Bonchev–Trinajstić information content (AvgIpc) is 2.26. The molecular formula is C12H16BrNOS. The maximum Gasteiger partial charge on any atom is 0.221 e. The molecule has 1 amide bonds. The molecule has 4 heteroatoms. The lowest BCUT2D eigenvalue weighted by Crippen LogP contribution is -2.27. The number of carbonyl (C=O) groups excluding carboxylic acids is 1. The van der Waals surface area contributed by atoms with Gasteiger partial charge in [-0.25, -0.2) is 0 Å². The Kier molecular flexibility index (Phi) is 5.91. The SMILES string of the molecule is CSCCC(=O)NC(C)c1ccccc1Br. The molecule has 1 unspecified atom stereocenters. The normalized spacial score (nSPS) is 12.2. The van der Waals surface area contributed by atoms with E-state index in [0.717, 1.165) is 15.8 Å². The second kappa shape index (κ2) is 6.97. The van der Waals surface area contributed by atoms with Gasteiger partial charge in [0.2, 0.25) is 5.91 Å². The zero-order valence-corrected chi connectivity index (χ0v) is 11.9. The van der Waals surface area contributed by atoms with Crippen molar-refractivity contribution in [3.8, 4) is 0 Å². The van der Waals surface area contributed by atoms with Crippen molar-refractivity contribution in [3.05, 3.63) is 34.3 Å². The van der Waals surface area contributed by atoms with Crippen LogP contribution in [0.3, 0.4) is 0 Å². The van der Waals surface area contributed by atoms with Crippen molar-refractivity contribution < 1.29 is 4.79 Å². The topological polar surface area (TPSA) is 29.1 Å². The van der Waals surface area contributed by atoms with Gasteiger partial charge in [0.05, 0.1) is 6.04 Å². The molecular weight excluding hydrogens is 286 g/mol. The van der Waals surface area contributed by atoms with Gasteiger partial charge in [0.1, 0.15) is 0 Å². The molecule has 2 nitrogen and oxygen atoms in total. The van der Waals surface area contributed by atoms with Crippen LogP contribution in [-0.4, -0.2) is 17.9 Å². The third kappa shape index (κ3) is 4.18. The third-order valence-corrected chi connectivity index (χ3v) is 3.62. The van der Waals surface area contributed by atoms with Crippen LogP contribution in [0.5, 0.6) is 0 Å². The van der Waals surface area contributed by atoms with E-state index in [0.29, 0.717) is 6.42 Å². The van der Waals surface area contributed by atoms with Gasteiger partial charge in [-0.1, -0.05) is 34.1 Å². The van der Waals surface area contributed by atoms with Gasteiger partial charge in [0, 0.05) is 16.6 Å². The first kappa shape index (κ1) is 13.6. The Hall–Kier alpha value is -0.480. The molecule has 0 aromatic heterocycles. The average molecular weight is 302 g/mol. The van der Waals surface area contributed by atoms with E-state index in [-0.39, 0.29) is 11.9 Å². The van der Waals surface area contributed by atoms with Crippen LogP contribution in [0.15, 0.2) is 28.7 Å². The number of benzene rings is 1. The van der Waals surface area contributed by atoms with Crippen LogP contribution in [0.4, 0.5) is 0 Å². The largest absolute Gasteiger partial charge is 0.350 e. The summed E-state index contributed by atoms with van der Waals surface area (Å²) in [7, 11) is 0. The molecule has 0 radical (unpaired) electrons. The van der Waals surface area contributed by atoms with E-state index in [9.17, 15) is 4.79 Å². The maximum absolute atomic E-state index is 11.6. The van der Waals surface area contributed by atoms with Gasteiger partial charge in [-0.15, -0.1) is 0 Å². The number of hydrogen-bond acceptors (Lipinski definition) is 2. The van der Waals surface area contributed by atoms with E-state index in [2.05, 4.69) is 21.2 Å². The van der Waals surface area contributed by atoms with Crippen LogP contribution in [0.25, 0.3) is 0 Å². The quantitative estimate of drug-likeness (QED) is 0.903. The first-order valence-electron chi connectivity index (χ1n) is 5.18. The van der Waals surface area contributed by atoms with Crippen molar-refractivity contribution in [1.82, 2.24) is 5.32 Å². The first-order valence-corrected chi connectivity index (χ1v) is 7.36. The molecule has 0 aliphatic heterocycles. The fourth-order valence-electron chi connectivity index (χ4n) is 1.41. The summed E-state index contributed by atoms with van der Waals surface area (Å²) in [5.74, 6) is 0.978. The number of halogens is 1. The second-order valence-corrected chi connectivity index (χ2v) is 5.39. The van der Waals surface area contributed by atoms with Gasteiger partial charge in [-0.2, -0.15) is 11.8 Å². The minimum absolute atomic E-state index is 0.0462. The molecule has 0 heterocycles. The monoisotopic (exact) mass is 301 g/mol. The molecule has 0 spiro atoms. The lowest BCUT2D eigenvalue weighted by atomic mass is 10.1. The smallest absolute Gasteiger partial charge is 0.221 e. The predicted octanol–water partition coefficient (Wildman–Crippen LogP) is 3.38. The van der Waals surface area contributed by atoms with Gasteiger partial charge in [0.15, 0.2) is 0 Å². The lowest BCUT2D eigenvalue weighted by molar-refractivity contribution is -0.121. The van der Waals surface area contributed by atoms with E-state index in [1.54, 1.807) is 11.8 Å². The number of nitrogens with one attached hydrogen (secondary N) is 1. The van der Waals surface area contributed by atoms with E-state index in [4.69, 9.17) is 0 Å². The third-order valence-electron chi connectivity index (χ3n) is 2.28. The van der Waals surface area contributed by atoms with Crippen molar-refractivity contribution >= 4 is 33.6 Å². The first-order chi connectivity index (χ1) is 7.65. The Morgan fingerprint density at radius 2 is 2.19 bits per heavy atom. The molecule has 0 aliphatic carbocycles. The van der Waals surface area contributed by atoms with Crippen molar-refractivity contribution in [2.45, 2.75) is 19.4 Å². The van der Waals surface area contributed by atoms with Crippen molar-refractivity contribution in [1.29, 1.82) is 0 Å². The van der Waals surface area contributed by atoms with Gasteiger partial charge in [-0.3, -0.25) is 4.79 Å². The Morgan fingerprint density at radius 1 is 1.50 bits per heavy atom. The van der Waals surface area contributed by atoms with Crippen LogP contribution < -0.4 is 5.32 Å². The molecule has 1 rings (SSSR count). The number of thioether (sulfide) groups is 1. The van der Waals surface area contributed by atoms with Crippen LogP contribution in [0.1, 0.15) is 24.9 Å². The number of amides is 1. The van der Waals surface area contributed by atoms with Crippen LogP contribution in [0, 0.1) is 0 Å². The summed E-state index contributed by atoms with van der Waals surface area (Å²) < 4.78 is 1.03. The minimum Gasteiger partial charge on any atom is -0.350 e. The number of carbonyl (C=O) groups is 1. The highest BCUT2D eigenvalue weighted by molar-refractivity contribution is 9.10. The van der Waals surface area contributed by atoms with E-state index < -0.39 is 0 Å². The summed E-state index contributed by atoms with van der Waals surface area (Å²) in [5, 5.41) is 2.99. The Morgan fingerprint density at radius 3 is 2.81 bits per heavy atom. The highest BCUT2D eigenvalue weighted by atomic mass is 79.9. The molecule has 0 bridgehead atoms. The minimum atomic E-state index is 0.0462. The van der Waals surface area contributed by atoms with Crippen molar-refractivity contribution in [2.75, 3.05) is 12.0 Å². The zero-order chi connectivity index (χ0) is 12.0. The van der Waals surface area contributed by atoms with E-state index >= 15 is 0 Å². The summed E-state index contributed by atoms with van der Waals surface area (Å²) in [6, 6.07) is 7.99. The van der Waals surface area contributed by atoms with Crippen LogP contribution in [0.2, 0.25) is 0 Å². The molecule has 0 saturated heterocycles. The number of hydrogen-bond donors (Lipinski definition) is 1. The zero-order valence-electron chi connectivity index (χ0n) is 9.50. The molecule has 88 valence electrons. The van der Waals surface area contributed by atoms with Gasteiger partial charge < -0.3 is 5.32 Å². The van der Waals surface area contributed by atoms with Crippen molar-refractivity contribution in [3.63, 3.8) is 0 Å². The molecule has 1 aromatic carbocycles. The lowest BCUT2D eigenvalue weighted by Gasteiger charge is -2.15. The molecule has 0 saturated carbocycles. The summed E-state index contributed by atoms with van der Waals surface area (Å²) in [6.45, 7) is 2.00. The second-order valence-electron chi connectivity index (χ2n) is 3.55. The molecule has 0 aliphatic rings. The summed E-state index contributed by atoms with van der Waals surface area (Å²) in [4.78, 5) is 11.6. The van der Waals surface area contributed by atoms with Gasteiger partial charge >= 0.3 is 0 Å². The number of rotatable bonds is 5. The summed E-state index contributed by atoms with van der Waals surface area (Å²) >= 11 is 5.17. The molecule has 16 heavy (non-hydrogen) atoms. The standard InChI is InChI=1S/C12H16BrNOS/c1-9(14-12(15)7-8-16-2)10-5-3-4-6-11(10)13/h3-6,9H,7-8H2,1-2H3,(H,14,15).